The van der Waals surface area contributed by atoms with Gasteiger partial charge < -0.3 is 4.90 Å². The van der Waals surface area contributed by atoms with Crippen molar-refractivity contribution in [2.75, 3.05) is 6.54 Å². The number of benzene rings is 1. The first-order chi connectivity index (χ1) is 12.2. The van der Waals surface area contributed by atoms with E-state index in [-0.39, 0.29) is 5.91 Å². The summed E-state index contributed by atoms with van der Waals surface area (Å²) >= 11 is 0. The molecule has 0 saturated carbocycles. The van der Waals surface area contributed by atoms with Gasteiger partial charge in [-0.2, -0.15) is 0 Å². The summed E-state index contributed by atoms with van der Waals surface area (Å²) < 4.78 is 0. The zero-order chi connectivity index (χ0) is 18.1. The molecule has 2 nitrogen and oxygen atoms in total. The Balaban J connectivity index is 2.10. The van der Waals surface area contributed by atoms with Crippen LogP contribution in [0.2, 0.25) is 0 Å². The summed E-state index contributed by atoms with van der Waals surface area (Å²) in [5.41, 5.74) is 2.73. The molecule has 1 aromatic rings. The molecule has 1 amide bonds. The van der Waals surface area contributed by atoms with Crippen LogP contribution in [0.4, 0.5) is 0 Å². The molecule has 1 atom stereocenters. The summed E-state index contributed by atoms with van der Waals surface area (Å²) in [7, 11) is 0. The van der Waals surface area contributed by atoms with Crippen LogP contribution in [0.5, 0.6) is 0 Å². The highest BCUT2D eigenvalue weighted by Crippen LogP contribution is 2.34. The van der Waals surface area contributed by atoms with E-state index in [0.717, 1.165) is 25.8 Å². The largest absolute Gasteiger partial charge is 0.315 e. The summed E-state index contributed by atoms with van der Waals surface area (Å²) in [4.78, 5) is 14.5. The minimum absolute atomic E-state index is 0.123. The number of hydrogen-bond acceptors (Lipinski definition) is 1. The summed E-state index contributed by atoms with van der Waals surface area (Å²) in [6.45, 7) is 7.36. The number of carbonyl (C=O) groups is 1. The predicted molar refractivity (Wildman–Crippen MR) is 106 cm³/mol. The van der Waals surface area contributed by atoms with Gasteiger partial charge in [-0.05, 0) is 48.8 Å². The number of carbonyl (C=O) groups excluding carboxylic acids is 1. The second kappa shape index (κ2) is 10.2. The van der Waals surface area contributed by atoms with Gasteiger partial charge in [0.25, 0.3) is 0 Å². The maximum absolute atomic E-state index is 12.6. The van der Waals surface area contributed by atoms with E-state index < -0.39 is 0 Å². The first kappa shape index (κ1) is 19.5. The standard InChI is InChI=1S/C23H33NO/c1-4-7-9-14-21-17-24(23(25)16-15-19(5-2)6-3)18-22(21)20-12-10-8-11-13-20/h8,10-13,15-17,19,22H,4-7,9,14,18H2,1-3H3/b16-15+. The van der Waals surface area contributed by atoms with Crippen molar-refractivity contribution in [1.29, 1.82) is 0 Å². The molecule has 1 heterocycles. The molecule has 136 valence electrons. The van der Waals surface area contributed by atoms with Gasteiger partial charge in [-0.25, -0.2) is 0 Å². The molecule has 2 heteroatoms. The molecule has 25 heavy (non-hydrogen) atoms. The first-order valence-corrected chi connectivity index (χ1v) is 9.93. The lowest BCUT2D eigenvalue weighted by Gasteiger charge is -2.17. The number of hydrogen-bond donors (Lipinski definition) is 0. The Bertz CT molecular complexity index is 583. The molecular weight excluding hydrogens is 306 g/mol. The third-order valence-electron chi connectivity index (χ3n) is 5.26. The van der Waals surface area contributed by atoms with Crippen LogP contribution in [0.1, 0.15) is 70.8 Å². The Morgan fingerprint density at radius 2 is 1.88 bits per heavy atom. The lowest BCUT2D eigenvalue weighted by atomic mass is 9.90. The zero-order valence-corrected chi connectivity index (χ0v) is 16.1. The highest BCUT2D eigenvalue weighted by atomic mass is 16.2. The number of nitrogens with zero attached hydrogens (tertiary/aromatic N) is 1. The average Bonchev–Trinajstić information content (AvgIpc) is 3.07. The molecule has 0 fully saturated rings. The zero-order valence-electron chi connectivity index (χ0n) is 16.1. The van der Waals surface area contributed by atoms with Crippen molar-refractivity contribution < 1.29 is 4.79 Å². The normalized spacial score (nSPS) is 17.5. The third-order valence-corrected chi connectivity index (χ3v) is 5.26. The lowest BCUT2D eigenvalue weighted by Crippen LogP contribution is -2.24. The van der Waals surface area contributed by atoms with Crippen molar-refractivity contribution in [3.8, 4) is 0 Å². The van der Waals surface area contributed by atoms with Gasteiger partial charge in [0.15, 0.2) is 0 Å². The predicted octanol–water partition coefficient (Wildman–Crippen LogP) is 6.07. The van der Waals surface area contributed by atoms with Gasteiger partial charge in [0.2, 0.25) is 5.91 Å². The van der Waals surface area contributed by atoms with Gasteiger partial charge in [-0.1, -0.05) is 70.0 Å². The molecule has 0 N–H and O–H groups in total. The smallest absolute Gasteiger partial charge is 0.250 e. The SMILES string of the molecule is CCCCCC1=CN(C(=O)/C=C/C(CC)CC)CC1c1ccccc1. The van der Waals surface area contributed by atoms with Crippen molar-refractivity contribution in [3.05, 3.63) is 59.8 Å². The van der Waals surface area contributed by atoms with E-state index in [9.17, 15) is 4.79 Å². The molecule has 1 aliphatic rings. The van der Waals surface area contributed by atoms with Crippen LogP contribution in [0.3, 0.4) is 0 Å². The van der Waals surface area contributed by atoms with Crippen molar-refractivity contribution in [1.82, 2.24) is 4.90 Å². The summed E-state index contributed by atoms with van der Waals surface area (Å²) in [6, 6.07) is 10.6. The van der Waals surface area contributed by atoms with Gasteiger partial charge in [0, 0.05) is 18.7 Å². The third kappa shape index (κ3) is 5.59. The highest BCUT2D eigenvalue weighted by molar-refractivity contribution is 5.89. The average molecular weight is 340 g/mol. The summed E-state index contributed by atoms with van der Waals surface area (Å²) in [6.07, 6.45) is 12.9. The van der Waals surface area contributed by atoms with Crippen molar-refractivity contribution in [2.45, 2.75) is 65.2 Å². The van der Waals surface area contributed by atoms with Crippen molar-refractivity contribution in [3.63, 3.8) is 0 Å². The molecule has 0 spiro atoms. The van der Waals surface area contributed by atoms with Crippen LogP contribution < -0.4 is 0 Å². The van der Waals surface area contributed by atoms with Gasteiger partial charge in [-0.3, -0.25) is 4.79 Å². The Hall–Kier alpha value is -1.83. The topological polar surface area (TPSA) is 20.3 Å². The van der Waals surface area contributed by atoms with Gasteiger partial charge in [-0.15, -0.1) is 0 Å². The van der Waals surface area contributed by atoms with E-state index in [0.29, 0.717) is 11.8 Å². The second-order valence-corrected chi connectivity index (χ2v) is 7.05. The Morgan fingerprint density at radius 1 is 1.16 bits per heavy atom. The van der Waals surface area contributed by atoms with E-state index in [1.165, 1.54) is 30.4 Å². The Labute approximate surface area is 153 Å². The van der Waals surface area contributed by atoms with Crippen LogP contribution in [0.15, 0.2) is 54.3 Å². The fourth-order valence-electron chi connectivity index (χ4n) is 3.51. The number of amides is 1. The molecule has 0 saturated heterocycles. The van der Waals surface area contributed by atoms with Crippen LogP contribution in [0.25, 0.3) is 0 Å². The van der Waals surface area contributed by atoms with Gasteiger partial charge in [0.05, 0.1) is 0 Å². The summed E-state index contributed by atoms with van der Waals surface area (Å²) in [5.74, 6) is 0.978. The number of allylic oxidation sites excluding steroid dienone is 1. The first-order valence-electron chi connectivity index (χ1n) is 9.93. The molecule has 1 aromatic carbocycles. The van der Waals surface area contributed by atoms with Crippen molar-refractivity contribution in [2.24, 2.45) is 5.92 Å². The Kier molecular flexibility index (Phi) is 7.97. The number of rotatable bonds is 9. The fourth-order valence-corrected chi connectivity index (χ4v) is 3.51. The van der Waals surface area contributed by atoms with Crippen LogP contribution in [-0.4, -0.2) is 17.4 Å². The molecule has 1 unspecified atom stereocenters. The monoisotopic (exact) mass is 339 g/mol. The molecule has 1 aliphatic heterocycles. The van der Waals surface area contributed by atoms with Crippen LogP contribution >= 0.6 is 0 Å². The molecule has 0 aliphatic carbocycles. The van der Waals surface area contributed by atoms with Crippen molar-refractivity contribution >= 4 is 5.91 Å². The minimum atomic E-state index is 0.123. The molecule has 0 radical (unpaired) electrons. The van der Waals surface area contributed by atoms with E-state index in [2.05, 4.69) is 63.4 Å². The molecular formula is C23H33NO. The lowest BCUT2D eigenvalue weighted by molar-refractivity contribution is -0.123. The minimum Gasteiger partial charge on any atom is -0.315 e. The fraction of sp³-hybridized carbons (Fsp3) is 0.522. The Morgan fingerprint density at radius 3 is 2.52 bits per heavy atom. The van der Waals surface area contributed by atoms with E-state index in [1.807, 2.05) is 4.90 Å². The maximum atomic E-state index is 12.6. The van der Waals surface area contributed by atoms with Crippen LogP contribution in [0, 0.1) is 5.92 Å². The van der Waals surface area contributed by atoms with Crippen LogP contribution in [-0.2, 0) is 4.79 Å². The van der Waals surface area contributed by atoms with Gasteiger partial charge >= 0.3 is 0 Å². The quantitative estimate of drug-likeness (QED) is 0.395. The second-order valence-electron chi connectivity index (χ2n) is 7.05. The summed E-state index contributed by atoms with van der Waals surface area (Å²) in [5, 5.41) is 0. The van der Waals surface area contributed by atoms with Gasteiger partial charge in [0.1, 0.15) is 0 Å². The number of unbranched alkanes of at least 4 members (excludes halogenated alkanes) is 2. The molecule has 2 rings (SSSR count). The molecule has 0 aromatic heterocycles. The maximum Gasteiger partial charge on any atom is 0.250 e. The molecule has 0 bridgehead atoms. The van der Waals surface area contributed by atoms with E-state index in [1.54, 1.807) is 6.08 Å². The van der Waals surface area contributed by atoms with E-state index in [4.69, 9.17) is 0 Å². The highest BCUT2D eigenvalue weighted by Gasteiger charge is 2.27. The van der Waals surface area contributed by atoms with E-state index >= 15 is 0 Å².